The third-order valence-corrected chi connectivity index (χ3v) is 5.14. The van der Waals surface area contributed by atoms with Gasteiger partial charge in [-0.15, -0.1) is 0 Å². The molecule has 1 saturated carbocycles. The molecular weight excluding hydrogens is 280 g/mol. The second kappa shape index (κ2) is 6.65. The topological polar surface area (TPSA) is 60.3 Å². The van der Waals surface area contributed by atoms with E-state index < -0.39 is 0 Å². The van der Waals surface area contributed by atoms with Gasteiger partial charge >= 0.3 is 0 Å². The number of ether oxygens (including phenoxy) is 1. The molecule has 1 aromatic heterocycles. The van der Waals surface area contributed by atoms with Crippen LogP contribution in [-0.4, -0.2) is 29.2 Å². The normalized spacial score (nSPS) is 22.9. The molecule has 122 valence electrons. The van der Waals surface area contributed by atoms with Gasteiger partial charge in [-0.25, -0.2) is 0 Å². The molecule has 1 heterocycles. The van der Waals surface area contributed by atoms with Crippen LogP contribution < -0.4 is 10.9 Å². The number of hydrogen-bond acceptors (Lipinski definition) is 3. The van der Waals surface area contributed by atoms with Crippen molar-refractivity contribution in [3.63, 3.8) is 0 Å². The molecule has 22 heavy (non-hydrogen) atoms. The maximum Gasteiger partial charge on any atom is 0.251 e. The number of nitrogens with one attached hydrogen (secondary N) is 1. The SMILES string of the molecule is CCOC1CC(NC(=O)c2ccn(C)c(=O)c2)C1(CC)CC. The van der Waals surface area contributed by atoms with Crippen molar-refractivity contribution in [1.82, 2.24) is 9.88 Å². The van der Waals surface area contributed by atoms with Crippen molar-refractivity contribution >= 4 is 5.91 Å². The van der Waals surface area contributed by atoms with E-state index in [1.807, 2.05) is 6.92 Å². The Morgan fingerprint density at radius 2 is 2.09 bits per heavy atom. The van der Waals surface area contributed by atoms with Crippen LogP contribution in [0.2, 0.25) is 0 Å². The van der Waals surface area contributed by atoms with Crippen LogP contribution >= 0.6 is 0 Å². The van der Waals surface area contributed by atoms with Gasteiger partial charge in [0.05, 0.1) is 6.10 Å². The van der Waals surface area contributed by atoms with Crippen LogP contribution in [0.3, 0.4) is 0 Å². The number of rotatable bonds is 6. The molecule has 1 fully saturated rings. The minimum atomic E-state index is -0.177. The zero-order valence-electron chi connectivity index (χ0n) is 13.9. The maximum absolute atomic E-state index is 12.4. The van der Waals surface area contributed by atoms with Gasteiger partial charge in [0.2, 0.25) is 0 Å². The number of amides is 1. The Labute approximate surface area is 131 Å². The summed E-state index contributed by atoms with van der Waals surface area (Å²) < 4.78 is 7.28. The average Bonchev–Trinajstić information content (AvgIpc) is 2.50. The predicted molar refractivity (Wildman–Crippen MR) is 86.0 cm³/mol. The third kappa shape index (κ3) is 2.82. The summed E-state index contributed by atoms with van der Waals surface area (Å²) >= 11 is 0. The van der Waals surface area contributed by atoms with Gasteiger partial charge in [-0.05, 0) is 32.3 Å². The lowest BCUT2D eigenvalue weighted by Crippen LogP contribution is -2.64. The molecule has 0 radical (unpaired) electrons. The first-order chi connectivity index (χ1) is 10.5. The second-order valence-electron chi connectivity index (χ2n) is 6.01. The predicted octanol–water partition coefficient (Wildman–Crippen LogP) is 2.10. The molecule has 1 aromatic rings. The van der Waals surface area contributed by atoms with Gasteiger partial charge in [0.15, 0.2) is 0 Å². The van der Waals surface area contributed by atoms with Crippen molar-refractivity contribution in [2.45, 2.75) is 52.2 Å². The zero-order valence-corrected chi connectivity index (χ0v) is 13.9. The quantitative estimate of drug-likeness (QED) is 0.875. The lowest BCUT2D eigenvalue weighted by Gasteiger charge is -2.55. The Morgan fingerprint density at radius 1 is 1.41 bits per heavy atom. The van der Waals surface area contributed by atoms with Gasteiger partial charge in [0.1, 0.15) is 0 Å². The summed E-state index contributed by atoms with van der Waals surface area (Å²) in [4.78, 5) is 24.0. The van der Waals surface area contributed by atoms with E-state index in [-0.39, 0.29) is 29.0 Å². The lowest BCUT2D eigenvalue weighted by atomic mass is 9.58. The van der Waals surface area contributed by atoms with Crippen LogP contribution in [0, 0.1) is 5.41 Å². The van der Waals surface area contributed by atoms with Gasteiger partial charge in [-0.3, -0.25) is 9.59 Å². The Hall–Kier alpha value is -1.62. The average molecular weight is 306 g/mol. The summed E-state index contributed by atoms with van der Waals surface area (Å²) in [6.45, 7) is 6.99. The molecule has 0 aromatic carbocycles. The first kappa shape index (κ1) is 16.7. The van der Waals surface area contributed by atoms with Crippen LogP contribution in [0.1, 0.15) is 50.4 Å². The Bertz CT molecular complexity index is 590. The van der Waals surface area contributed by atoms with Crippen LogP contribution in [0.15, 0.2) is 23.1 Å². The van der Waals surface area contributed by atoms with E-state index in [1.165, 1.54) is 10.6 Å². The summed E-state index contributed by atoms with van der Waals surface area (Å²) in [6.07, 6.45) is 4.60. The summed E-state index contributed by atoms with van der Waals surface area (Å²) in [7, 11) is 1.67. The number of nitrogens with zero attached hydrogens (tertiary/aromatic N) is 1. The fourth-order valence-electron chi connectivity index (χ4n) is 3.51. The molecule has 1 N–H and O–H groups in total. The van der Waals surface area contributed by atoms with Crippen LogP contribution in [0.25, 0.3) is 0 Å². The number of hydrogen-bond donors (Lipinski definition) is 1. The first-order valence-electron chi connectivity index (χ1n) is 8.07. The summed E-state index contributed by atoms with van der Waals surface area (Å²) in [5.74, 6) is -0.177. The molecule has 1 aliphatic carbocycles. The van der Waals surface area contributed by atoms with Gasteiger partial charge in [0, 0.05) is 42.9 Å². The number of carbonyl (C=O) groups excluding carboxylic acids is 1. The summed E-state index contributed by atoms with van der Waals surface area (Å²) in [6, 6.07) is 3.17. The van der Waals surface area contributed by atoms with E-state index in [4.69, 9.17) is 4.74 Å². The molecule has 2 atom stereocenters. The van der Waals surface area contributed by atoms with E-state index in [9.17, 15) is 9.59 Å². The number of aryl methyl sites for hydroxylation is 1. The zero-order chi connectivity index (χ0) is 16.3. The van der Waals surface area contributed by atoms with Crippen LogP contribution in [-0.2, 0) is 11.8 Å². The Morgan fingerprint density at radius 3 is 2.64 bits per heavy atom. The van der Waals surface area contributed by atoms with E-state index in [0.717, 1.165) is 19.3 Å². The highest BCUT2D eigenvalue weighted by atomic mass is 16.5. The second-order valence-corrected chi connectivity index (χ2v) is 6.01. The monoisotopic (exact) mass is 306 g/mol. The first-order valence-corrected chi connectivity index (χ1v) is 8.07. The van der Waals surface area contributed by atoms with E-state index >= 15 is 0 Å². The maximum atomic E-state index is 12.4. The number of aromatic nitrogens is 1. The van der Waals surface area contributed by atoms with E-state index in [0.29, 0.717) is 12.2 Å². The van der Waals surface area contributed by atoms with Crippen molar-refractivity contribution in [1.29, 1.82) is 0 Å². The van der Waals surface area contributed by atoms with Gasteiger partial charge in [-0.1, -0.05) is 13.8 Å². The van der Waals surface area contributed by atoms with Crippen molar-refractivity contribution in [3.8, 4) is 0 Å². The molecular formula is C17H26N2O3. The van der Waals surface area contributed by atoms with E-state index in [1.54, 1.807) is 19.3 Å². The molecule has 2 rings (SSSR count). The lowest BCUT2D eigenvalue weighted by molar-refractivity contribution is -0.134. The van der Waals surface area contributed by atoms with Crippen molar-refractivity contribution in [3.05, 3.63) is 34.2 Å². The van der Waals surface area contributed by atoms with Crippen molar-refractivity contribution in [2.24, 2.45) is 12.5 Å². The summed E-state index contributed by atoms with van der Waals surface area (Å²) in [5, 5.41) is 3.09. The highest BCUT2D eigenvalue weighted by Gasteiger charge is 2.53. The molecule has 1 aliphatic rings. The molecule has 1 amide bonds. The fourth-order valence-corrected chi connectivity index (χ4v) is 3.51. The molecule has 5 nitrogen and oxygen atoms in total. The van der Waals surface area contributed by atoms with Gasteiger partial charge < -0.3 is 14.6 Å². The van der Waals surface area contributed by atoms with Gasteiger partial charge in [-0.2, -0.15) is 0 Å². The standard InChI is InChI=1S/C17H26N2O3/c1-5-17(6-2)13(11-14(17)22-7-3)18-16(21)12-8-9-19(4)15(20)10-12/h8-10,13-14H,5-7,11H2,1-4H3,(H,18,21). The van der Waals surface area contributed by atoms with Crippen LogP contribution in [0.4, 0.5) is 0 Å². The van der Waals surface area contributed by atoms with Crippen LogP contribution in [0.5, 0.6) is 0 Å². The van der Waals surface area contributed by atoms with Crippen molar-refractivity contribution in [2.75, 3.05) is 6.61 Å². The summed E-state index contributed by atoms with van der Waals surface area (Å²) in [5.41, 5.74) is 0.251. The molecule has 0 aliphatic heterocycles. The largest absolute Gasteiger partial charge is 0.378 e. The minimum Gasteiger partial charge on any atom is -0.378 e. The number of pyridine rings is 1. The Kier molecular flexibility index (Phi) is 5.06. The molecule has 5 heteroatoms. The van der Waals surface area contributed by atoms with E-state index in [2.05, 4.69) is 19.2 Å². The Balaban J connectivity index is 2.11. The molecule has 2 unspecified atom stereocenters. The highest BCUT2D eigenvalue weighted by Crippen LogP contribution is 2.48. The number of carbonyl (C=O) groups is 1. The highest BCUT2D eigenvalue weighted by molar-refractivity contribution is 5.94. The minimum absolute atomic E-state index is 0.00537. The molecule has 0 bridgehead atoms. The molecule has 0 saturated heterocycles. The smallest absolute Gasteiger partial charge is 0.251 e. The van der Waals surface area contributed by atoms with Crippen molar-refractivity contribution < 1.29 is 9.53 Å². The third-order valence-electron chi connectivity index (χ3n) is 5.14. The van der Waals surface area contributed by atoms with Gasteiger partial charge in [0.25, 0.3) is 11.5 Å². The molecule has 0 spiro atoms. The fraction of sp³-hybridized carbons (Fsp3) is 0.647.